The van der Waals surface area contributed by atoms with Crippen LogP contribution in [0.25, 0.3) is 0 Å². The second-order valence-electron chi connectivity index (χ2n) is 6.04. The van der Waals surface area contributed by atoms with Gasteiger partial charge in [-0.3, -0.25) is 0 Å². The van der Waals surface area contributed by atoms with Crippen LogP contribution >= 0.6 is 0 Å². The minimum absolute atomic E-state index is 0.0801. The lowest BCUT2D eigenvalue weighted by Gasteiger charge is -2.28. The van der Waals surface area contributed by atoms with Gasteiger partial charge in [0.15, 0.2) is 0 Å². The molecule has 4 nitrogen and oxygen atoms in total. The molecular formula is C15H26N2O2S. The molecule has 0 saturated heterocycles. The van der Waals surface area contributed by atoms with Crippen molar-refractivity contribution in [2.45, 2.75) is 52.5 Å². The Balaban J connectivity index is 3.41. The summed E-state index contributed by atoms with van der Waals surface area (Å²) in [6, 6.07) is 3.43. The Morgan fingerprint density at radius 1 is 1.15 bits per heavy atom. The van der Waals surface area contributed by atoms with Gasteiger partial charge in [-0.05, 0) is 56.9 Å². The summed E-state index contributed by atoms with van der Waals surface area (Å²) in [4.78, 5) is 0.323. The average molecular weight is 298 g/mol. The summed E-state index contributed by atoms with van der Waals surface area (Å²) >= 11 is 0. The van der Waals surface area contributed by atoms with Crippen molar-refractivity contribution in [2.24, 2.45) is 5.92 Å². The van der Waals surface area contributed by atoms with E-state index in [9.17, 15) is 8.42 Å². The van der Waals surface area contributed by atoms with Gasteiger partial charge in [0.25, 0.3) is 0 Å². The van der Waals surface area contributed by atoms with Gasteiger partial charge in [-0.1, -0.05) is 13.8 Å². The fourth-order valence-electron chi connectivity index (χ4n) is 2.19. The van der Waals surface area contributed by atoms with Crippen LogP contribution in [0.15, 0.2) is 17.0 Å². The first-order valence-corrected chi connectivity index (χ1v) is 8.40. The Bertz CT molecular complexity index is 578. The zero-order chi connectivity index (χ0) is 15.7. The summed E-state index contributed by atoms with van der Waals surface area (Å²) < 4.78 is 27.4. The smallest absolute Gasteiger partial charge is 0.243 e. The third-order valence-electron chi connectivity index (χ3n) is 3.25. The lowest BCUT2D eigenvalue weighted by Crippen LogP contribution is -2.39. The molecule has 0 unspecified atom stereocenters. The van der Waals surface area contributed by atoms with Crippen molar-refractivity contribution >= 4 is 15.7 Å². The number of nitrogen functional groups attached to an aromatic ring is 1. The van der Waals surface area contributed by atoms with Crippen LogP contribution in [0.5, 0.6) is 0 Å². The maximum Gasteiger partial charge on any atom is 0.243 e. The molecule has 0 radical (unpaired) electrons. The predicted molar refractivity (Wildman–Crippen MR) is 84.2 cm³/mol. The number of rotatable bonds is 5. The molecule has 0 saturated carbocycles. The van der Waals surface area contributed by atoms with Gasteiger partial charge >= 0.3 is 0 Å². The Labute approximate surface area is 123 Å². The number of benzene rings is 1. The number of anilines is 1. The maximum atomic E-state index is 12.9. The summed E-state index contributed by atoms with van der Waals surface area (Å²) in [6.45, 7) is 12.0. The van der Waals surface area contributed by atoms with E-state index >= 15 is 0 Å². The van der Waals surface area contributed by atoms with Gasteiger partial charge in [-0.2, -0.15) is 4.31 Å². The largest absolute Gasteiger partial charge is 0.398 e. The van der Waals surface area contributed by atoms with E-state index < -0.39 is 10.0 Å². The molecule has 20 heavy (non-hydrogen) atoms. The molecule has 0 aliphatic carbocycles. The molecule has 1 aromatic rings. The minimum Gasteiger partial charge on any atom is -0.398 e. The van der Waals surface area contributed by atoms with Crippen LogP contribution in [-0.2, 0) is 10.0 Å². The van der Waals surface area contributed by atoms with E-state index in [1.165, 1.54) is 0 Å². The van der Waals surface area contributed by atoms with Crippen LogP contribution < -0.4 is 5.73 Å². The summed E-state index contributed by atoms with van der Waals surface area (Å²) in [5.74, 6) is 0.273. The molecule has 0 aliphatic heterocycles. The SMILES string of the molecule is Cc1cc(N)c(C)c(S(=O)(=O)N(CC(C)C)C(C)C)c1. The van der Waals surface area contributed by atoms with Gasteiger partial charge in [0.2, 0.25) is 10.0 Å². The molecule has 5 heteroatoms. The maximum absolute atomic E-state index is 12.9. The molecule has 0 fully saturated rings. The number of sulfonamides is 1. The molecule has 1 rings (SSSR count). The van der Waals surface area contributed by atoms with Gasteiger partial charge in [0.05, 0.1) is 4.90 Å². The normalized spacial score (nSPS) is 12.7. The standard InChI is InChI=1S/C15H26N2O2S/c1-10(2)9-17(11(3)4)20(18,19)15-8-12(5)7-14(16)13(15)6/h7-8,10-11H,9,16H2,1-6H3. The van der Waals surface area contributed by atoms with E-state index in [2.05, 4.69) is 0 Å². The van der Waals surface area contributed by atoms with Crippen molar-refractivity contribution in [1.29, 1.82) is 0 Å². The van der Waals surface area contributed by atoms with Crippen molar-refractivity contribution in [1.82, 2.24) is 4.31 Å². The van der Waals surface area contributed by atoms with Crippen LogP contribution in [0, 0.1) is 19.8 Å². The van der Waals surface area contributed by atoms with Crippen LogP contribution in [0.2, 0.25) is 0 Å². The second kappa shape index (κ2) is 6.14. The van der Waals surface area contributed by atoms with Gasteiger partial charge in [0, 0.05) is 18.3 Å². The van der Waals surface area contributed by atoms with Gasteiger partial charge in [-0.25, -0.2) is 8.42 Å². The van der Waals surface area contributed by atoms with Crippen molar-refractivity contribution in [3.8, 4) is 0 Å². The highest BCUT2D eigenvalue weighted by atomic mass is 32.2. The highest BCUT2D eigenvalue weighted by Crippen LogP contribution is 2.27. The Hall–Kier alpha value is -1.07. The Morgan fingerprint density at radius 3 is 2.15 bits per heavy atom. The van der Waals surface area contributed by atoms with Crippen molar-refractivity contribution in [3.63, 3.8) is 0 Å². The molecule has 114 valence electrons. The number of hydrogen-bond acceptors (Lipinski definition) is 3. The van der Waals surface area contributed by atoms with E-state index in [0.29, 0.717) is 22.7 Å². The minimum atomic E-state index is -3.52. The molecule has 0 heterocycles. The predicted octanol–water partition coefficient (Wildman–Crippen LogP) is 2.94. The van der Waals surface area contributed by atoms with Crippen molar-refractivity contribution in [2.75, 3.05) is 12.3 Å². The number of nitrogens with two attached hydrogens (primary N) is 1. The molecule has 0 atom stereocenters. The molecule has 0 aromatic heterocycles. The van der Waals surface area contributed by atoms with Crippen LogP contribution in [-0.4, -0.2) is 25.3 Å². The summed E-state index contributed by atoms with van der Waals surface area (Å²) in [5, 5.41) is 0. The number of nitrogens with zero attached hydrogens (tertiary/aromatic N) is 1. The van der Waals surface area contributed by atoms with Gasteiger partial charge in [0.1, 0.15) is 0 Å². The lowest BCUT2D eigenvalue weighted by molar-refractivity contribution is 0.318. The molecule has 0 aliphatic rings. The highest BCUT2D eigenvalue weighted by Gasteiger charge is 2.29. The second-order valence-corrected chi connectivity index (χ2v) is 7.90. The lowest BCUT2D eigenvalue weighted by atomic mass is 10.1. The first-order chi connectivity index (χ1) is 9.07. The summed E-state index contributed by atoms with van der Waals surface area (Å²) in [6.07, 6.45) is 0. The highest BCUT2D eigenvalue weighted by molar-refractivity contribution is 7.89. The van der Waals surface area contributed by atoms with Gasteiger partial charge < -0.3 is 5.73 Å². The molecular weight excluding hydrogens is 272 g/mol. The quantitative estimate of drug-likeness (QED) is 0.850. The number of hydrogen-bond donors (Lipinski definition) is 1. The monoisotopic (exact) mass is 298 g/mol. The average Bonchev–Trinajstić information content (AvgIpc) is 2.29. The van der Waals surface area contributed by atoms with E-state index in [-0.39, 0.29) is 12.0 Å². The third kappa shape index (κ3) is 3.52. The van der Waals surface area contributed by atoms with Gasteiger partial charge in [-0.15, -0.1) is 0 Å². The van der Waals surface area contributed by atoms with Crippen LogP contribution in [0.3, 0.4) is 0 Å². The van der Waals surface area contributed by atoms with E-state index in [1.54, 1.807) is 23.4 Å². The van der Waals surface area contributed by atoms with E-state index in [4.69, 9.17) is 5.73 Å². The molecule has 0 amide bonds. The topological polar surface area (TPSA) is 63.4 Å². The number of aryl methyl sites for hydroxylation is 1. The molecule has 1 aromatic carbocycles. The Kier molecular flexibility index (Phi) is 5.21. The fraction of sp³-hybridized carbons (Fsp3) is 0.600. The van der Waals surface area contributed by atoms with Crippen molar-refractivity contribution in [3.05, 3.63) is 23.3 Å². The molecule has 0 spiro atoms. The van der Waals surface area contributed by atoms with Crippen LogP contribution in [0.1, 0.15) is 38.8 Å². The summed E-state index contributed by atoms with van der Waals surface area (Å²) in [5.41, 5.74) is 7.93. The molecule has 0 bridgehead atoms. The fourth-order valence-corrected chi connectivity index (χ4v) is 4.33. The van der Waals surface area contributed by atoms with Crippen LogP contribution in [0.4, 0.5) is 5.69 Å². The first-order valence-electron chi connectivity index (χ1n) is 6.96. The molecule has 2 N–H and O–H groups in total. The third-order valence-corrected chi connectivity index (χ3v) is 5.42. The van der Waals surface area contributed by atoms with E-state index in [1.807, 2.05) is 34.6 Å². The van der Waals surface area contributed by atoms with Crippen molar-refractivity contribution < 1.29 is 8.42 Å². The Morgan fingerprint density at radius 2 is 1.70 bits per heavy atom. The van der Waals surface area contributed by atoms with E-state index in [0.717, 1.165) is 5.56 Å². The summed E-state index contributed by atoms with van der Waals surface area (Å²) in [7, 11) is -3.52. The zero-order valence-electron chi connectivity index (χ0n) is 13.3. The zero-order valence-corrected chi connectivity index (χ0v) is 14.1. The first kappa shape index (κ1) is 17.0.